The van der Waals surface area contributed by atoms with Gasteiger partial charge >= 0.3 is 0 Å². The molecule has 1 unspecified atom stereocenters. The van der Waals surface area contributed by atoms with E-state index in [9.17, 15) is 14.4 Å². The van der Waals surface area contributed by atoms with Crippen LogP contribution < -0.4 is 4.90 Å². The Kier molecular flexibility index (Phi) is 5.56. The number of carbonyl (C=O) groups is 3. The SMILES string of the molecule is Cc1cccc(N2CCN(C(=O)C(C(C)C)N3C(=O)c4ccccc4C3=O)CC2)c1C. The monoisotopic (exact) mass is 419 g/mol. The van der Waals surface area contributed by atoms with Gasteiger partial charge in [-0.25, -0.2) is 0 Å². The van der Waals surface area contributed by atoms with Crippen LogP contribution in [0.25, 0.3) is 0 Å². The fourth-order valence-electron chi connectivity index (χ4n) is 4.59. The summed E-state index contributed by atoms with van der Waals surface area (Å²) in [5, 5.41) is 0. The summed E-state index contributed by atoms with van der Waals surface area (Å²) in [6, 6.07) is 12.3. The summed E-state index contributed by atoms with van der Waals surface area (Å²) >= 11 is 0. The summed E-state index contributed by atoms with van der Waals surface area (Å²) in [4.78, 5) is 44.7. The van der Waals surface area contributed by atoms with E-state index in [-0.39, 0.29) is 23.6 Å². The third kappa shape index (κ3) is 3.60. The second-order valence-electron chi connectivity index (χ2n) is 8.75. The molecule has 0 bridgehead atoms. The quantitative estimate of drug-likeness (QED) is 0.714. The van der Waals surface area contributed by atoms with Crippen molar-refractivity contribution in [1.82, 2.24) is 9.80 Å². The number of piperazine rings is 1. The Hall–Kier alpha value is -3.15. The van der Waals surface area contributed by atoms with Crippen LogP contribution in [0.1, 0.15) is 45.7 Å². The van der Waals surface area contributed by atoms with Crippen molar-refractivity contribution < 1.29 is 14.4 Å². The van der Waals surface area contributed by atoms with E-state index in [1.54, 1.807) is 29.2 Å². The van der Waals surface area contributed by atoms with Gasteiger partial charge in [0.05, 0.1) is 11.1 Å². The summed E-state index contributed by atoms with van der Waals surface area (Å²) < 4.78 is 0. The molecule has 0 N–H and O–H groups in total. The molecular weight excluding hydrogens is 390 g/mol. The fraction of sp³-hybridized carbons (Fsp3) is 0.400. The van der Waals surface area contributed by atoms with Crippen LogP contribution in [0.2, 0.25) is 0 Å². The minimum Gasteiger partial charge on any atom is -0.368 e. The van der Waals surface area contributed by atoms with Gasteiger partial charge < -0.3 is 9.80 Å². The first-order valence-corrected chi connectivity index (χ1v) is 10.9. The molecule has 2 aliphatic rings. The maximum atomic E-state index is 13.5. The Bertz CT molecular complexity index is 1000. The first kappa shape index (κ1) is 21.1. The van der Waals surface area contributed by atoms with E-state index in [1.807, 2.05) is 13.8 Å². The molecule has 1 atom stereocenters. The number of hydrogen-bond donors (Lipinski definition) is 0. The molecule has 6 heteroatoms. The van der Waals surface area contributed by atoms with E-state index in [0.717, 1.165) is 13.1 Å². The molecule has 3 amide bonds. The number of rotatable bonds is 4. The van der Waals surface area contributed by atoms with Crippen molar-refractivity contribution in [3.05, 3.63) is 64.7 Å². The van der Waals surface area contributed by atoms with Gasteiger partial charge in [-0.05, 0) is 49.1 Å². The van der Waals surface area contributed by atoms with Gasteiger partial charge in [0.2, 0.25) is 5.91 Å². The molecule has 4 rings (SSSR count). The Balaban J connectivity index is 1.51. The maximum Gasteiger partial charge on any atom is 0.262 e. The smallest absolute Gasteiger partial charge is 0.262 e. The van der Waals surface area contributed by atoms with Crippen LogP contribution in [0, 0.1) is 19.8 Å². The molecule has 6 nitrogen and oxygen atoms in total. The predicted octanol–water partition coefficient (Wildman–Crippen LogP) is 3.27. The van der Waals surface area contributed by atoms with Gasteiger partial charge in [-0.3, -0.25) is 19.3 Å². The summed E-state index contributed by atoms with van der Waals surface area (Å²) in [7, 11) is 0. The zero-order valence-corrected chi connectivity index (χ0v) is 18.6. The van der Waals surface area contributed by atoms with Crippen LogP contribution in [-0.2, 0) is 4.79 Å². The van der Waals surface area contributed by atoms with E-state index in [1.165, 1.54) is 21.7 Å². The molecular formula is C25H29N3O3. The molecule has 1 fully saturated rings. The van der Waals surface area contributed by atoms with Crippen molar-refractivity contribution in [3.8, 4) is 0 Å². The highest BCUT2D eigenvalue weighted by Crippen LogP contribution is 2.29. The van der Waals surface area contributed by atoms with Crippen LogP contribution in [-0.4, -0.2) is 59.7 Å². The van der Waals surface area contributed by atoms with Gasteiger partial charge in [-0.2, -0.15) is 0 Å². The Morgan fingerprint density at radius 3 is 1.97 bits per heavy atom. The summed E-state index contributed by atoms with van der Waals surface area (Å²) in [5.41, 5.74) is 4.47. The second-order valence-corrected chi connectivity index (χ2v) is 8.75. The molecule has 0 radical (unpaired) electrons. The van der Waals surface area contributed by atoms with E-state index in [2.05, 4.69) is 36.9 Å². The molecule has 1 saturated heterocycles. The number of nitrogens with zero attached hydrogens (tertiary/aromatic N) is 3. The average Bonchev–Trinajstić information content (AvgIpc) is 3.01. The van der Waals surface area contributed by atoms with Gasteiger partial charge in [0.25, 0.3) is 11.8 Å². The largest absolute Gasteiger partial charge is 0.368 e. The molecule has 2 aromatic carbocycles. The van der Waals surface area contributed by atoms with Crippen molar-refractivity contribution in [1.29, 1.82) is 0 Å². The van der Waals surface area contributed by atoms with Crippen molar-refractivity contribution in [2.75, 3.05) is 31.1 Å². The highest BCUT2D eigenvalue weighted by Gasteiger charge is 2.45. The molecule has 2 aromatic rings. The molecule has 0 aliphatic carbocycles. The fourth-order valence-corrected chi connectivity index (χ4v) is 4.59. The number of amides is 3. The normalized spacial score (nSPS) is 17.4. The minimum atomic E-state index is -0.792. The molecule has 0 spiro atoms. The van der Waals surface area contributed by atoms with Crippen molar-refractivity contribution in [2.45, 2.75) is 33.7 Å². The zero-order chi connectivity index (χ0) is 22.3. The van der Waals surface area contributed by atoms with E-state index in [0.29, 0.717) is 24.2 Å². The van der Waals surface area contributed by atoms with E-state index < -0.39 is 6.04 Å². The second kappa shape index (κ2) is 8.17. The number of hydrogen-bond acceptors (Lipinski definition) is 4. The van der Waals surface area contributed by atoms with Gasteiger partial charge in [0, 0.05) is 31.9 Å². The number of benzene rings is 2. The molecule has 162 valence electrons. The molecule has 0 aromatic heterocycles. The lowest BCUT2D eigenvalue weighted by molar-refractivity contribution is -0.137. The highest BCUT2D eigenvalue weighted by atomic mass is 16.2. The zero-order valence-electron chi connectivity index (χ0n) is 18.6. The van der Waals surface area contributed by atoms with Gasteiger partial charge in [0.15, 0.2) is 0 Å². The van der Waals surface area contributed by atoms with Crippen LogP contribution in [0.3, 0.4) is 0 Å². The Morgan fingerprint density at radius 2 is 1.42 bits per heavy atom. The van der Waals surface area contributed by atoms with Crippen molar-refractivity contribution in [3.63, 3.8) is 0 Å². The van der Waals surface area contributed by atoms with E-state index in [4.69, 9.17) is 0 Å². The number of imide groups is 1. The van der Waals surface area contributed by atoms with Gasteiger partial charge in [-0.15, -0.1) is 0 Å². The molecule has 2 heterocycles. The van der Waals surface area contributed by atoms with E-state index >= 15 is 0 Å². The lowest BCUT2D eigenvalue weighted by Gasteiger charge is -2.40. The lowest BCUT2D eigenvalue weighted by Crippen LogP contribution is -2.57. The number of carbonyl (C=O) groups excluding carboxylic acids is 3. The minimum absolute atomic E-state index is 0.148. The Labute approximate surface area is 183 Å². The van der Waals surface area contributed by atoms with Gasteiger partial charge in [-0.1, -0.05) is 38.1 Å². The number of fused-ring (bicyclic) bond motifs is 1. The highest BCUT2D eigenvalue weighted by molar-refractivity contribution is 6.22. The van der Waals surface area contributed by atoms with Gasteiger partial charge in [0.1, 0.15) is 6.04 Å². The number of aryl methyl sites for hydroxylation is 1. The molecule has 31 heavy (non-hydrogen) atoms. The summed E-state index contributed by atoms with van der Waals surface area (Å²) in [6.07, 6.45) is 0. The van der Waals surface area contributed by atoms with Crippen LogP contribution >= 0.6 is 0 Å². The van der Waals surface area contributed by atoms with Crippen LogP contribution in [0.15, 0.2) is 42.5 Å². The van der Waals surface area contributed by atoms with Crippen LogP contribution in [0.5, 0.6) is 0 Å². The number of anilines is 1. The average molecular weight is 420 g/mol. The maximum absolute atomic E-state index is 13.5. The molecule has 0 saturated carbocycles. The topological polar surface area (TPSA) is 60.9 Å². The van der Waals surface area contributed by atoms with Crippen molar-refractivity contribution in [2.24, 2.45) is 5.92 Å². The van der Waals surface area contributed by atoms with Crippen LogP contribution in [0.4, 0.5) is 5.69 Å². The standard InChI is InChI=1S/C25H29N3O3/c1-16(2)22(28-23(29)19-9-5-6-10-20(19)24(28)30)25(31)27-14-12-26(13-15-27)21-11-7-8-17(3)18(21)4/h5-11,16,22H,12-15H2,1-4H3. The molecule has 2 aliphatic heterocycles. The van der Waals surface area contributed by atoms with Crippen molar-refractivity contribution >= 4 is 23.4 Å². The third-order valence-electron chi connectivity index (χ3n) is 6.50. The summed E-state index contributed by atoms with van der Waals surface area (Å²) in [5.74, 6) is -1.07. The predicted molar refractivity (Wildman–Crippen MR) is 120 cm³/mol. The first-order chi connectivity index (χ1) is 14.8. The lowest BCUT2D eigenvalue weighted by atomic mass is 10.00. The Morgan fingerprint density at radius 1 is 0.839 bits per heavy atom. The third-order valence-corrected chi connectivity index (χ3v) is 6.50. The summed E-state index contributed by atoms with van der Waals surface area (Å²) in [6.45, 7) is 10.6. The first-order valence-electron chi connectivity index (χ1n) is 10.9.